The zero-order chi connectivity index (χ0) is 20.5. The van der Waals surface area contributed by atoms with Crippen molar-refractivity contribution in [2.75, 3.05) is 13.1 Å². The average Bonchev–Trinajstić information content (AvgIpc) is 2.72. The number of hydrogen-bond acceptors (Lipinski definition) is 3. The molecule has 0 aliphatic rings. The lowest BCUT2D eigenvalue weighted by atomic mass is 10.1. The third kappa shape index (κ3) is 11.8. The van der Waals surface area contributed by atoms with Gasteiger partial charge in [0.2, 0.25) is 0 Å². The Balaban J connectivity index is 2.25. The second-order valence-corrected chi connectivity index (χ2v) is 8.37. The van der Waals surface area contributed by atoms with Crippen LogP contribution in [-0.4, -0.2) is 18.1 Å². The lowest BCUT2D eigenvalue weighted by molar-refractivity contribution is 0.505. The molecule has 0 spiro atoms. The van der Waals surface area contributed by atoms with Crippen LogP contribution in [0.3, 0.4) is 0 Å². The number of pyridine rings is 1. The van der Waals surface area contributed by atoms with Crippen LogP contribution in [0.25, 0.3) is 0 Å². The molecule has 2 N–H and O–H groups in total. The summed E-state index contributed by atoms with van der Waals surface area (Å²) in [6, 6.07) is 7.11. The third-order valence-corrected chi connectivity index (χ3v) is 5.64. The van der Waals surface area contributed by atoms with Crippen LogP contribution in [0.4, 0.5) is 0 Å². The van der Waals surface area contributed by atoms with Gasteiger partial charge >= 0.3 is 0 Å². The highest BCUT2D eigenvalue weighted by Crippen LogP contribution is 2.15. The SMILES string of the molecule is CCCCCCCCNC(C)c1cccc(C(C)NCCCCCCCC)n1. The Kier molecular flexibility index (Phi) is 15.2. The summed E-state index contributed by atoms with van der Waals surface area (Å²) in [4.78, 5) is 4.93. The van der Waals surface area contributed by atoms with E-state index in [1.54, 1.807) is 0 Å². The van der Waals surface area contributed by atoms with Gasteiger partial charge in [0.15, 0.2) is 0 Å². The molecule has 3 heteroatoms. The van der Waals surface area contributed by atoms with Crippen molar-refractivity contribution in [3.8, 4) is 0 Å². The highest BCUT2D eigenvalue weighted by Gasteiger charge is 2.10. The highest BCUT2D eigenvalue weighted by atomic mass is 15.0. The van der Waals surface area contributed by atoms with E-state index in [1.807, 2.05) is 0 Å². The Hall–Kier alpha value is -0.930. The van der Waals surface area contributed by atoms with Gasteiger partial charge in [-0.3, -0.25) is 4.98 Å². The van der Waals surface area contributed by atoms with Crippen molar-refractivity contribution >= 4 is 0 Å². The quantitative estimate of drug-likeness (QED) is 0.263. The molecule has 1 heterocycles. The van der Waals surface area contributed by atoms with Crippen LogP contribution in [-0.2, 0) is 0 Å². The number of nitrogens with one attached hydrogen (secondary N) is 2. The molecule has 1 aromatic rings. The monoisotopic (exact) mass is 389 g/mol. The Morgan fingerprint density at radius 1 is 0.643 bits per heavy atom. The lowest BCUT2D eigenvalue weighted by Gasteiger charge is -2.17. The first-order valence-electron chi connectivity index (χ1n) is 12.1. The average molecular weight is 390 g/mol. The molecule has 162 valence electrons. The van der Waals surface area contributed by atoms with Gasteiger partial charge in [-0.25, -0.2) is 0 Å². The number of rotatable bonds is 18. The fourth-order valence-electron chi connectivity index (χ4n) is 3.61. The molecule has 0 fully saturated rings. The van der Waals surface area contributed by atoms with Gasteiger partial charge in [0, 0.05) is 12.1 Å². The van der Waals surface area contributed by atoms with E-state index in [1.165, 1.54) is 77.0 Å². The molecule has 28 heavy (non-hydrogen) atoms. The number of aromatic nitrogens is 1. The van der Waals surface area contributed by atoms with Crippen LogP contribution >= 0.6 is 0 Å². The molecule has 1 aromatic heterocycles. The van der Waals surface area contributed by atoms with Crippen LogP contribution in [0.2, 0.25) is 0 Å². The molecule has 2 unspecified atom stereocenters. The topological polar surface area (TPSA) is 37.0 Å². The van der Waals surface area contributed by atoms with Gasteiger partial charge in [0.1, 0.15) is 0 Å². The molecule has 0 saturated carbocycles. The van der Waals surface area contributed by atoms with Gasteiger partial charge in [-0.2, -0.15) is 0 Å². The number of nitrogens with zero attached hydrogens (tertiary/aromatic N) is 1. The molecule has 0 aliphatic carbocycles. The zero-order valence-electron chi connectivity index (χ0n) is 19.2. The van der Waals surface area contributed by atoms with E-state index in [4.69, 9.17) is 4.98 Å². The largest absolute Gasteiger partial charge is 0.309 e. The molecule has 0 aromatic carbocycles. The predicted molar refractivity (Wildman–Crippen MR) is 124 cm³/mol. The van der Waals surface area contributed by atoms with Crippen molar-refractivity contribution in [3.05, 3.63) is 29.6 Å². The molecule has 1 rings (SSSR count). The third-order valence-electron chi connectivity index (χ3n) is 5.64. The molecule has 0 radical (unpaired) electrons. The smallest absolute Gasteiger partial charge is 0.0574 e. The van der Waals surface area contributed by atoms with Gasteiger partial charge in [-0.05, 0) is 51.9 Å². The minimum atomic E-state index is 0.321. The van der Waals surface area contributed by atoms with Crippen LogP contribution < -0.4 is 10.6 Å². The Bertz CT molecular complexity index is 435. The predicted octanol–water partition coefficient (Wildman–Crippen LogP) is 7.10. The van der Waals surface area contributed by atoms with Crippen molar-refractivity contribution in [3.63, 3.8) is 0 Å². The standard InChI is InChI=1S/C25H47N3/c1-5-7-9-11-13-15-20-26-22(3)24-18-17-19-25(28-24)23(4)27-21-16-14-12-10-8-6-2/h17-19,22-23,26-27H,5-16,20-21H2,1-4H3. The van der Waals surface area contributed by atoms with Crippen LogP contribution in [0.1, 0.15) is 128 Å². The maximum absolute atomic E-state index is 4.93. The molecule has 0 saturated heterocycles. The van der Waals surface area contributed by atoms with Crippen LogP contribution in [0, 0.1) is 0 Å². The Labute approximate surface area is 175 Å². The Morgan fingerprint density at radius 2 is 1.04 bits per heavy atom. The minimum Gasteiger partial charge on any atom is -0.309 e. The molecule has 0 aliphatic heterocycles. The maximum Gasteiger partial charge on any atom is 0.0574 e. The van der Waals surface area contributed by atoms with E-state index in [-0.39, 0.29) is 0 Å². The first-order chi connectivity index (χ1) is 13.7. The summed E-state index contributed by atoms with van der Waals surface area (Å²) in [5.41, 5.74) is 2.33. The summed E-state index contributed by atoms with van der Waals surface area (Å²) < 4.78 is 0. The van der Waals surface area contributed by atoms with E-state index in [2.05, 4.69) is 56.5 Å². The molecule has 0 amide bonds. The van der Waals surface area contributed by atoms with Gasteiger partial charge in [0.05, 0.1) is 11.4 Å². The summed E-state index contributed by atoms with van der Waals surface area (Å²) in [6.45, 7) is 11.2. The summed E-state index contributed by atoms with van der Waals surface area (Å²) in [5, 5.41) is 7.30. The van der Waals surface area contributed by atoms with E-state index in [0.717, 1.165) is 24.5 Å². The van der Waals surface area contributed by atoms with Crippen molar-refractivity contribution in [1.29, 1.82) is 0 Å². The van der Waals surface area contributed by atoms with Crippen molar-refractivity contribution in [2.24, 2.45) is 0 Å². The maximum atomic E-state index is 4.93. The molecule has 2 atom stereocenters. The van der Waals surface area contributed by atoms with E-state index < -0.39 is 0 Å². The second-order valence-electron chi connectivity index (χ2n) is 8.37. The highest BCUT2D eigenvalue weighted by molar-refractivity contribution is 5.16. The minimum absolute atomic E-state index is 0.321. The van der Waals surface area contributed by atoms with Gasteiger partial charge in [-0.15, -0.1) is 0 Å². The number of unbranched alkanes of at least 4 members (excludes halogenated alkanes) is 10. The first kappa shape index (κ1) is 25.1. The Morgan fingerprint density at radius 3 is 1.46 bits per heavy atom. The fourth-order valence-corrected chi connectivity index (χ4v) is 3.61. The van der Waals surface area contributed by atoms with E-state index in [9.17, 15) is 0 Å². The first-order valence-corrected chi connectivity index (χ1v) is 12.1. The van der Waals surface area contributed by atoms with Crippen LogP contribution in [0.15, 0.2) is 18.2 Å². The fraction of sp³-hybridized carbons (Fsp3) is 0.800. The molecular formula is C25H47N3. The lowest BCUT2D eigenvalue weighted by Crippen LogP contribution is -2.23. The molecular weight excluding hydrogens is 342 g/mol. The zero-order valence-corrected chi connectivity index (χ0v) is 19.2. The molecule has 0 bridgehead atoms. The van der Waals surface area contributed by atoms with E-state index in [0.29, 0.717) is 12.1 Å². The van der Waals surface area contributed by atoms with Gasteiger partial charge < -0.3 is 10.6 Å². The van der Waals surface area contributed by atoms with E-state index >= 15 is 0 Å². The number of hydrogen-bond donors (Lipinski definition) is 2. The summed E-state index contributed by atoms with van der Waals surface area (Å²) in [7, 11) is 0. The normalized spacial score (nSPS) is 13.6. The van der Waals surface area contributed by atoms with Crippen molar-refractivity contribution < 1.29 is 0 Å². The van der Waals surface area contributed by atoms with Crippen LogP contribution in [0.5, 0.6) is 0 Å². The van der Waals surface area contributed by atoms with Crippen molar-refractivity contribution in [2.45, 2.75) is 117 Å². The molecule has 3 nitrogen and oxygen atoms in total. The summed E-state index contributed by atoms with van der Waals surface area (Å²) in [6.07, 6.45) is 16.1. The van der Waals surface area contributed by atoms with Gasteiger partial charge in [-0.1, -0.05) is 84.1 Å². The summed E-state index contributed by atoms with van der Waals surface area (Å²) >= 11 is 0. The summed E-state index contributed by atoms with van der Waals surface area (Å²) in [5.74, 6) is 0. The van der Waals surface area contributed by atoms with Crippen molar-refractivity contribution in [1.82, 2.24) is 15.6 Å². The second kappa shape index (κ2) is 17.0. The van der Waals surface area contributed by atoms with Gasteiger partial charge in [0.25, 0.3) is 0 Å².